The fourth-order valence-electron chi connectivity index (χ4n) is 1.19. The maximum Gasteiger partial charge on any atom is 0.138 e. The van der Waals surface area contributed by atoms with Gasteiger partial charge in [-0.15, -0.1) is 0 Å². The molecule has 2 nitrogen and oxygen atoms in total. The van der Waals surface area contributed by atoms with Crippen molar-refractivity contribution in [3.63, 3.8) is 0 Å². The number of hydrogen-bond donors (Lipinski definition) is 0. The third kappa shape index (κ3) is 2.96. The molecule has 0 aliphatic carbocycles. The first-order valence-corrected chi connectivity index (χ1v) is 5.87. The van der Waals surface area contributed by atoms with Gasteiger partial charge in [0.1, 0.15) is 10.8 Å². The number of benzene rings is 1. The van der Waals surface area contributed by atoms with Gasteiger partial charge in [-0.25, -0.2) is 9.37 Å². The summed E-state index contributed by atoms with van der Waals surface area (Å²) in [6.45, 7) is 0. The van der Waals surface area contributed by atoms with Crippen molar-refractivity contribution in [2.24, 2.45) is 0 Å². The first-order chi connectivity index (χ1) is 8.19. The highest BCUT2D eigenvalue weighted by atomic mass is 35.5. The van der Waals surface area contributed by atoms with Crippen molar-refractivity contribution < 1.29 is 4.39 Å². The molecule has 0 saturated carbocycles. The number of hydrogen-bond acceptors (Lipinski definition) is 3. The average Bonchev–Trinajstić information content (AvgIpc) is 2.34. The highest BCUT2D eigenvalue weighted by molar-refractivity contribution is 7.99. The fraction of sp³-hybridized carbons (Fsp3) is 0. The van der Waals surface area contributed by atoms with E-state index in [4.69, 9.17) is 16.9 Å². The predicted molar refractivity (Wildman–Crippen MR) is 64.5 cm³/mol. The molecule has 5 heteroatoms. The molecule has 0 bridgehead atoms. The summed E-state index contributed by atoms with van der Waals surface area (Å²) >= 11 is 6.89. The molecular weight excluding hydrogens is 259 g/mol. The Morgan fingerprint density at radius 2 is 2.12 bits per heavy atom. The van der Waals surface area contributed by atoms with Gasteiger partial charge in [0.05, 0.1) is 16.7 Å². The predicted octanol–water partition coefficient (Wildman–Crippen LogP) is 3.90. The average molecular weight is 265 g/mol. The molecule has 84 valence electrons. The lowest BCUT2D eigenvalue weighted by Gasteiger charge is -2.02. The molecule has 0 atom stereocenters. The van der Waals surface area contributed by atoms with Crippen LogP contribution in [0, 0.1) is 17.1 Å². The van der Waals surface area contributed by atoms with E-state index >= 15 is 0 Å². The van der Waals surface area contributed by atoms with Crippen molar-refractivity contribution in [2.75, 3.05) is 0 Å². The Kier molecular flexibility index (Phi) is 3.62. The molecule has 1 aromatic carbocycles. The van der Waals surface area contributed by atoms with Crippen LogP contribution >= 0.6 is 23.4 Å². The van der Waals surface area contributed by atoms with Crippen LogP contribution in [-0.4, -0.2) is 4.98 Å². The van der Waals surface area contributed by atoms with E-state index in [1.807, 2.05) is 6.07 Å². The Morgan fingerprint density at radius 3 is 2.71 bits per heavy atom. The highest BCUT2D eigenvalue weighted by Gasteiger charge is 2.06. The monoisotopic (exact) mass is 264 g/mol. The summed E-state index contributed by atoms with van der Waals surface area (Å²) in [5.74, 6) is -0.425. The summed E-state index contributed by atoms with van der Waals surface area (Å²) in [5.41, 5.74) is 0.302. The second kappa shape index (κ2) is 5.17. The number of rotatable bonds is 2. The second-order valence-electron chi connectivity index (χ2n) is 3.17. The first kappa shape index (κ1) is 11.9. The molecule has 2 aromatic rings. The molecule has 1 heterocycles. The lowest BCUT2D eigenvalue weighted by Crippen LogP contribution is -1.85. The van der Waals surface area contributed by atoms with Gasteiger partial charge in [0.2, 0.25) is 0 Å². The molecule has 0 amide bonds. The minimum atomic E-state index is -0.425. The molecule has 0 unspecified atom stereocenters. The van der Waals surface area contributed by atoms with E-state index in [1.165, 1.54) is 24.0 Å². The van der Waals surface area contributed by atoms with E-state index in [0.29, 0.717) is 20.5 Å². The lowest BCUT2D eigenvalue weighted by atomic mass is 10.2. The lowest BCUT2D eigenvalue weighted by molar-refractivity contribution is 0.601. The molecule has 17 heavy (non-hydrogen) atoms. The zero-order valence-corrected chi connectivity index (χ0v) is 10.1. The fourth-order valence-corrected chi connectivity index (χ4v) is 2.06. The van der Waals surface area contributed by atoms with Crippen LogP contribution in [0.5, 0.6) is 0 Å². The molecule has 0 radical (unpaired) electrons. The molecule has 0 saturated heterocycles. The maximum atomic E-state index is 13.6. The van der Waals surface area contributed by atoms with Crippen molar-refractivity contribution >= 4 is 23.4 Å². The summed E-state index contributed by atoms with van der Waals surface area (Å²) in [6.07, 6.45) is 1.51. The van der Waals surface area contributed by atoms with E-state index < -0.39 is 5.82 Å². The number of nitriles is 1. The summed E-state index contributed by atoms with van der Waals surface area (Å²) in [7, 11) is 0. The summed E-state index contributed by atoms with van der Waals surface area (Å²) < 4.78 is 13.6. The van der Waals surface area contributed by atoms with E-state index in [9.17, 15) is 4.39 Å². The van der Waals surface area contributed by atoms with Gasteiger partial charge in [0.15, 0.2) is 0 Å². The van der Waals surface area contributed by atoms with Gasteiger partial charge in [-0.1, -0.05) is 23.4 Å². The Hall–Kier alpha value is -1.57. The summed E-state index contributed by atoms with van der Waals surface area (Å²) in [5, 5.41) is 9.81. The van der Waals surface area contributed by atoms with Crippen molar-refractivity contribution in [1.29, 1.82) is 5.26 Å². The van der Waals surface area contributed by atoms with Crippen LogP contribution in [0.1, 0.15) is 5.56 Å². The minimum Gasteiger partial charge on any atom is -0.248 e. The smallest absolute Gasteiger partial charge is 0.138 e. The molecule has 0 aliphatic rings. The van der Waals surface area contributed by atoms with Gasteiger partial charge < -0.3 is 0 Å². The van der Waals surface area contributed by atoms with Crippen LogP contribution in [-0.2, 0) is 0 Å². The van der Waals surface area contributed by atoms with Gasteiger partial charge in [-0.3, -0.25) is 0 Å². The van der Waals surface area contributed by atoms with Crippen molar-refractivity contribution in [3.8, 4) is 6.07 Å². The quantitative estimate of drug-likeness (QED) is 0.825. The highest BCUT2D eigenvalue weighted by Crippen LogP contribution is 2.29. The van der Waals surface area contributed by atoms with Crippen molar-refractivity contribution in [1.82, 2.24) is 4.98 Å². The van der Waals surface area contributed by atoms with E-state index in [0.717, 1.165) is 0 Å². The molecule has 0 fully saturated rings. The standard InChI is InChI=1S/C12H6ClFN2S/c13-9-2-4-12(16-7-9)17-11-3-1-8(6-15)5-10(11)14/h1-5,7H. The normalized spacial score (nSPS) is 9.94. The largest absolute Gasteiger partial charge is 0.248 e. The Balaban J connectivity index is 2.25. The van der Waals surface area contributed by atoms with Gasteiger partial charge in [0.25, 0.3) is 0 Å². The zero-order chi connectivity index (χ0) is 12.3. The zero-order valence-electron chi connectivity index (χ0n) is 8.52. The number of halogens is 2. The Morgan fingerprint density at radius 1 is 1.29 bits per heavy atom. The van der Waals surface area contributed by atoms with E-state index in [-0.39, 0.29) is 0 Å². The van der Waals surface area contributed by atoms with Gasteiger partial charge in [0, 0.05) is 11.1 Å². The summed E-state index contributed by atoms with van der Waals surface area (Å²) in [6, 6.07) is 9.63. The van der Waals surface area contributed by atoms with Gasteiger partial charge in [-0.2, -0.15) is 5.26 Å². The van der Waals surface area contributed by atoms with Crippen LogP contribution in [0.2, 0.25) is 5.02 Å². The van der Waals surface area contributed by atoms with E-state index in [2.05, 4.69) is 4.98 Å². The second-order valence-corrected chi connectivity index (χ2v) is 4.67. The third-order valence-corrected chi connectivity index (χ3v) is 3.20. The van der Waals surface area contributed by atoms with Gasteiger partial charge >= 0.3 is 0 Å². The van der Waals surface area contributed by atoms with Gasteiger partial charge in [-0.05, 0) is 30.3 Å². The Bertz CT molecular complexity index is 578. The van der Waals surface area contributed by atoms with Crippen LogP contribution < -0.4 is 0 Å². The van der Waals surface area contributed by atoms with Crippen LogP contribution in [0.25, 0.3) is 0 Å². The molecule has 0 N–H and O–H groups in total. The van der Waals surface area contributed by atoms with E-state index in [1.54, 1.807) is 24.3 Å². The number of pyridine rings is 1. The van der Waals surface area contributed by atoms with Crippen molar-refractivity contribution in [3.05, 3.63) is 52.9 Å². The van der Waals surface area contributed by atoms with Crippen LogP contribution in [0.4, 0.5) is 4.39 Å². The van der Waals surface area contributed by atoms with Crippen molar-refractivity contribution in [2.45, 2.75) is 9.92 Å². The first-order valence-electron chi connectivity index (χ1n) is 4.68. The minimum absolute atomic E-state index is 0.302. The molecular formula is C12H6ClFN2S. The molecule has 0 spiro atoms. The SMILES string of the molecule is N#Cc1ccc(Sc2ccc(Cl)cn2)c(F)c1. The third-order valence-electron chi connectivity index (χ3n) is 1.98. The van der Waals surface area contributed by atoms with Crippen LogP contribution in [0.15, 0.2) is 46.5 Å². The number of aromatic nitrogens is 1. The molecule has 2 rings (SSSR count). The number of nitrogens with zero attached hydrogens (tertiary/aromatic N) is 2. The topological polar surface area (TPSA) is 36.7 Å². The maximum absolute atomic E-state index is 13.6. The summed E-state index contributed by atoms with van der Waals surface area (Å²) in [4.78, 5) is 4.49. The molecule has 1 aromatic heterocycles. The Labute approximate surface area is 107 Å². The van der Waals surface area contributed by atoms with Crippen LogP contribution in [0.3, 0.4) is 0 Å². The molecule has 0 aliphatic heterocycles.